The Morgan fingerprint density at radius 2 is 2.25 bits per heavy atom. The van der Waals surface area contributed by atoms with Gasteiger partial charge in [-0.15, -0.1) is 0 Å². The van der Waals surface area contributed by atoms with E-state index in [9.17, 15) is 4.79 Å². The highest BCUT2D eigenvalue weighted by Gasteiger charge is 2.24. The third-order valence-corrected chi connectivity index (χ3v) is 3.69. The summed E-state index contributed by atoms with van der Waals surface area (Å²) in [6.45, 7) is 1.87. The van der Waals surface area contributed by atoms with E-state index in [1.165, 1.54) is 0 Å². The van der Waals surface area contributed by atoms with Gasteiger partial charge in [-0.1, -0.05) is 0 Å². The molecule has 0 spiro atoms. The van der Waals surface area contributed by atoms with Crippen molar-refractivity contribution in [2.24, 2.45) is 5.84 Å². The van der Waals surface area contributed by atoms with Crippen LogP contribution in [0.15, 0.2) is 29.1 Å². The third kappa shape index (κ3) is 2.27. The molecule has 104 valence electrons. The van der Waals surface area contributed by atoms with E-state index in [-0.39, 0.29) is 5.91 Å². The van der Waals surface area contributed by atoms with Crippen molar-refractivity contribution in [3.63, 3.8) is 0 Å². The van der Waals surface area contributed by atoms with Crippen molar-refractivity contribution in [2.75, 3.05) is 12.0 Å². The first kappa shape index (κ1) is 13.1. The largest absolute Gasteiger partial charge is 0.332 e. The fourth-order valence-corrected chi connectivity index (χ4v) is 2.57. The fourth-order valence-electron chi connectivity index (χ4n) is 2.23. The number of nitrogens with zero attached hydrogens (tertiary/aromatic N) is 4. The number of hydrazine groups is 1. The Kier molecular flexibility index (Phi) is 3.41. The summed E-state index contributed by atoms with van der Waals surface area (Å²) >= 11 is 3.32. The summed E-state index contributed by atoms with van der Waals surface area (Å²) in [4.78, 5) is 22.7. The molecule has 1 aliphatic heterocycles. The molecule has 0 atom stereocenters. The van der Waals surface area contributed by atoms with Crippen LogP contribution in [0.3, 0.4) is 0 Å². The van der Waals surface area contributed by atoms with Crippen LogP contribution in [0, 0.1) is 0 Å². The first-order chi connectivity index (χ1) is 9.69. The summed E-state index contributed by atoms with van der Waals surface area (Å²) in [6.07, 6.45) is 5.26. The van der Waals surface area contributed by atoms with Gasteiger partial charge in [-0.05, 0) is 22.0 Å². The Morgan fingerprint density at radius 3 is 3.05 bits per heavy atom. The molecule has 3 N–H and O–H groups in total. The molecular formula is C12H13BrN6O. The first-order valence-corrected chi connectivity index (χ1v) is 6.90. The number of carbonyl (C=O) groups is 1. The molecule has 0 saturated heterocycles. The van der Waals surface area contributed by atoms with E-state index < -0.39 is 0 Å². The molecule has 2 aromatic rings. The van der Waals surface area contributed by atoms with Gasteiger partial charge in [-0.2, -0.15) is 0 Å². The SMILES string of the molecule is NNc1ncc(Br)cc1C(=O)N1CCn2ccnc2C1. The minimum Gasteiger partial charge on any atom is -0.332 e. The van der Waals surface area contributed by atoms with Crippen LogP contribution in [0.4, 0.5) is 5.82 Å². The zero-order valence-electron chi connectivity index (χ0n) is 10.6. The maximum Gasteiger partial charge on any atom is 0.258 e. The van der Waals surface area contributed by atoms with Gasteiger partial charge in [0.2, 0.25) is 0 Å². The number of aromatic nitrogens is 3. The van der Waals surface area contributed by atoms with Crippen molar-refractivity contribution in [3.8, 4) is 0 Å². The minimum absolute atomic E-state index is 0.110. The van der Waals surface area contributed by atoms with E-state index in [0.29, 0.717) is 24.5 Å². The lowest BCUT2D eigenvalue weighted by molar-refractivity contribution is 0.0708. The Hall–Kier alpha value is -1.93. The summed E-state index contributed by atoms with van der Waals surface area (Å²) < 4.78 is 2.78. The molecule has 1 amide bonds. The van der Waals surface area contributed by atoms with E-state index >= 15 is 0 Å². The Balaban J connectivity index is 1.88. The van der Waals surface area contributed by atoms with Gasteiger partial charge in [0.1, 0.15) is 5.82 Å². The molecule has 0 unspecified atom stereocenters. The van der Waals surface area contributed by atoms with Crippen molar-refractivity contribution in [1.29, 1.82) is 0 Å². The zero-order valence-corrected chi connectivity index (χ0v) is 12.2. The van der Waals surface area contributed by atoms with Crippen LogP contribution >= 0.6 is 15.9 Å². The lowest BCUT2D eigenvalue weighted by Crippen LogP contribution is -2.38. The Labute approximate surface area is 123 Å². The molecule has 7 nitrogen and oxygen atoms in total. The number of rotatable bonds is 2. The maximum atomic E-state index is 12.6. The molecule has 2 aromatic heterocycles. The topological polar surface area (TPSA) is 89.1 Å². The summed E-state index contributed by atoms with van der Waals surface area (Å²) in [5, 5.41) is 0. The number of nitrogens with one attached hydrogen (secondary N) is 1. The zero-order chi connectivity index (χ0) is 14.1. The van der Waals surface area contributed by atoms with E-state index in [2.05, 4.69) is 31.3 Å². The highest BCUT2D eigenvalue weighted by molar-refractivity contribution is 9.10. The molecule has 0 fully saturated rings. The second-order valence-electron chi connectivity index (χ2n) is 4.46. The number of carbonyl (C=O) groups excluding carboxylic acids is 1. The third-order valence-electron chi connectivity index (χ3n) is 3.25. The first-order valence-electron chi connectivity index (χ1n) is 6.10. The molecule has 0 bridgehead atoms. The van der Waals surface area contributed by atoms with Crippen LogP contribution in [-0.4, -0.2) is 31.9 Å². The number of hydrogen-bond donors (Lipinski definition) is 2. The lowest BCUT2D eigenvalue weighted by Gasteiger charge is -2.28. The number of pyridine rings is 1. The second-order valence-corrected chi connectivity index (χ2v) is 5.37. The molecular weight excluding hydrogens is 324 g/mol. The quantitative estimate of drug-likeness (QED) is 0.630. The van der Waals surface area contributed by atoms with Crippen molar-refractivity contribution < 1.29 is 4.79 Å². The molecule has 3 heterocycles. The summed E-state index contributed by atoms with van der Waals surface area (Å²) in [5.74, 6) is 6.55. The minimum atomic E-state index is -0.110. The fraction of sp³-hybridized carbons (Fsp3) is 0.250. The maximum absolute atomic E-state index is 12.6. The van der Waals surface area contributed by atoms with Gasteiger partial charge in [0.05, 0.1) is 12.1 Å². The number of hydrogen-bond acceptors (Lipinski definition) is 5. The Morgan fingerprint density at radius 1 is 1.40 bits per heavy atom. The number of nitrogen functional groups attached to an aromatic ring is 1. The number of amides is 1. The molecule has 8 heteroatoms. The van der Waals surface area contributed by atoms with Crippen molar-refractivity contribution in [3.05, 3.63) is 40.5 Å². The van der Waals surface area contributed by atoms with Crippen molar-refractivity contribution in [2.45, 2.75) is 13.1 Å². The van der Waals surface area contributed by atoms with Crippen LogP contribution in [0.5, 0.6) is 0 Å². The predicted molar refractivity (Wildman–Crippen MR) is 76.7 cm³/mol. The van der Waals surface area contributed by atoms with Crippen LogP contribution in [-0.2, 0) is 13.1 Å². The summed E-state index contributed by atoms with van der Waals surface area (Å²) in [5.41, 5.74) is 2.90. The molecule has 0 saturated carbocycles. The van der Waals surface area contributed by atoms with Crippen LogP contribution in [0.2, 0.25) is 0 Å². The predicted octanol–water partition coefficient (Wildman–Crippen LogP) is 0.982. The number of halogens is 1. The summed E-state index contributed by atoms with van der Waals surface area (Å²) in [7, 11) is 0. The van der Waals surface area contributed by atoms with Crippen LogP contribution in [0.25, 0.3) is 0 Å². The van der Waals surface area contributed by atoms with Crippen LogP contribution in [0.1, 0.15) is 16.2 Å². The number of imidazole rings is 1. The molecule has 0 aliphatic carbocycles. The molecule has 0 aromatic carbocycles. The lowest BCUT2D eigenvalue weighted by atomic mass is 10.2. The van der Waals surface area contributed by atoms with Gasteiger partial charge in [-0.25, -0.2) is 15.8 Å². The highest BCUT2D eigenvalue weighted by atomic mass is 79.9. The monoisotopic (exact) mass is 336 g/mol. The van der Waals surface area contributed by atoms with Gasteiger partial charge >= 0.3 is 0 Å². The average Bonchev–Trinajstić information content (AvgIpc) is 2.93. The number of nitrogens with two attached hydrogens (primary N) is 1. The number of fused-ring (bicyclic) bond motifs is 1. The van der Waals surface area contributed by atoms with Crippen molar-refractivity contribution in [1.82, 2.24) is 19.4 Å². The molecule has 3 rings (SSSR count). The smallest absolute Gasteiger partial charge is 0.258 e. The molecule has 1 aliphatic rings. The molecule has 0 radical (unpaired) electrons. The highest BCUT2D eigenvalue weighted by Crippen LogP contribution is 2.21. The van der Waals surface area contributed by atoms with E-state index in [4.69, 9.17) is 5.84 Å². The molecule has 20 heavy (non-hydrogen) atoms. The normalized spacial score (nSPS) is 14.0. The van der Waals surface area contributed by atoms with E-state index in [1.54, 1.807) is 23.4 Å². The van der Waals surface area contributed by atoms with E-state index in [1.807, 2.05) is 10.8 Å². The van der Waals surface area contributed by atoms with Gasteiger partial charge in [-0.3, -0.25) is 4.79 Å². The average molecular weight is 337 g/mol. The van der Waals surface area contributed by atoms with Gasteiger partial charge in [0, 0.05) is 36.2 Å². The van der Waals surface area contributed by atoms with Crippen molar-refractivity contribution >= 4 is 27.7 Å². The van der Waals surface area contributed by atoms with Gasteiger partial charge in [0.15, 0.2) is 5.82 Å². The van der Waals surface area contributed by atoms with Gasteiger partial charge < -0.3 is 14.9 Å². The standard InChI is InChI=1S/C12H13BrN6O/c13-8-5-9(11(17-14)16-6-8)12(20)19-4-3-18-2-1-15-10(18)7-19/h1-2,5-6H,3-4,7,14H2,(H,16,17). The second kappa shape index (κ2) is 5.22. The van der Waals surface area contributed by atoms with Crippen LogP contribution < -0.4 is 11.3 Å². The number of anilines is 1. The summed E-state index contributed by atoms with van der Waals surface area (Å²) in [6, 6.07) is 1.71. The Bertz CT molecular complexity index is 655. The van der Waals surface area contributed by atoms with Gasteiger partial charge in [0.25, 0.3) is 5.91 Å². The van der Waals surface area contributed by atoms with E-state index in [0.717, 1.165) is 16.8 Å².